The summed E-state index contributed by atoms with van der Waals surface area (Å²) in [5.41, 5.74) is 1.12. The van der Waals surface area contributed by atoms with Crippen molar-refractivity contribution in [2.75, 3.05) is 18.5 Å². The van der Waals surface area contributed by atoms with Crippen LogP contribution in [0.3, 0.4) is 0 Å². The SMILES string of the molecule is CCOC(=O)CNc1c(C)cccc1F. The van der Waals surface area contributed by atoms with E-state index in [9.17, 15) is 9.18 Å². The Labute approximate surface area is 88.2 Å². The molecule has 15 heavy (non-hydrogen) atoms. The van der Waals surface area contributed by atoms with Gasteiger partial charge < -0.3 is 10.1 Å². The normalized spacial score (nSPS) is 9.80. The molecule has 0 atom stereocenters. The summed E-state index contributed by atoms with van der Waals surface area (Å²) in [6.45, 7) is 3.81. The number of nitrogens with one attached hydrogen (secondary N) is 1. The first-order valence-electron chi connectivity index (χ1n) is 4.79. The number of rotatable bonds is 4. The van der Waals surface area contributed by atoms with Crippen molar-refractivity contribution in [1.82, 2.24) is 0 Å². The molecule has 1 N–H and O–H groups in total. The molecule has 0 saturated heterocycles. The second-order valence-electron chi connectivity index (χ2n) is 3.09. The molecule has 0 radical (unpaired) electrons. The number of hydrogen-bond acceptors (Lipinski definition) is 3. The fourth-order valence-electron chi connectivity index (χ4n) is 1.23. The van der Waals surface area contributed by atoms with Crippen molar-refractivity contribution < 1.29 is 13.9 Å². The van der Waals surface area contributed by atoms with E-state index in [4.69, 9.17) is 4.74 Å². The van der Waals surface area contributed by atoms with E-state index in [2.05, 4.69) is 5.32 Å². The van der Waals surface area contributed by atoms with Crippen molar-refractivity contribution >= 4 is 11.7 Å². The first-order chi connectivity index (χ1) is 7.15. The molecule has 0 fully saturated rings. The van der Waals surface area contributed by atoms with Gasteiger partial charge in [-0.3, -0.25) is 4.79 Å². The second kappa shape index (κ2) is 5.34. The van der Waals surface area contributed by atoms with E-state index in [1.165, 1.54) is 6.07 Å². The fourth-order valence-corrected chi connectivity index (χ4v) is 1.23. The Kier molecular flexibility index (Phi) is 4.09. The summed E-state index contributed by atoms with van der Waals surface area (Å²) in [6, 6.07) is 4.75. The third-order valence-electron chi connectivity index (χ3n) is 1.94. The van der Waals surface area contributed by atoms with Crippen LogP contribution < -0.4 is 5.32 Å². The number of esters is 1. The van der Waals surface area contributed by atoms with Crippen LogP contribution in [0.5, 0.6) is 0 Å². The highest BCUT2D eigenvalue weighted by atomic mass is 19.1. The van der Waals surface area contributed by atoms with Gasteiger partial charge in [0.2, 0.25) is 0 Å². The number of anilines is 1. The topological polar surface area (TPSA) is 38.3 Å². The first kappa shape index (κ1) is 11.5. The maximum absolute atomic E-state index is 13.3. The Bertz CT molecular complexity index is 332. The van der Waals surface area contributed by atoms with Gasteiger partial charge in [0, 0.05) is 0 Å². The number of halogens is 1. The fraction of sp³-hybridized carbons (Fsp3) is 0.364. The van der Waals surface area contributed by atoms with Gasteiger partial charge in [-0.05, 0) is 25.5 Å². The Hall–Kier alpha value is -1.58. The molecule has 1 aromatic carbocycles. The average Bonchev–Trinajstić information content (AvgIpc) is 2.17. The van der Waals surface area contributed by atoms with Crippen molar-refractivity contribution in [3.05, 3.63) is 29.6 Å². The zero-order valence-corrected chi connectivity index (χ0v) is 8.84. The van der Waals surface area contributed by atoms with E-state index < -0.39 is 0 Å². The van der Waals surface area contributed by atoms with E-state index >= 15 is 0 Å². The van der Waals surface area contributed by atoms with Crippen molar-refractivity contribution in [2.45, 2.75) is 13.8 Å². The molecule has 0 heterocycles. The van der Waals surface area contributed by atoms with Crippen LogP contribution in [0.1, 0.15) is 12.5 Å². The molecule has 0 amide bonds. The summed E-state index contributed by atoms with van der Waals surface area (Å²) in [6.07, 6.45) is 0. The number of ether oxygens (including phenoxy) is 1. The number of benzene rings is 1. The van der Waals surface area contributed by atoms with Crippen LogP contribution in [0.4, 0.5) is 10.1 Å². The number of hydrogen-bond donors (Lipinski definition) is 1. The van der Waals surface area contributed by atoms with Gasteiger partial charge in [-0.15, -0.1) is 0 Å². The smallest absolute Gasteiger partial charge is 0.325 e. The molecule has 0 bridgehead atoms. The zero-order chi connectivity index (χ0) is 11.3. The summed E-state index contributed by atoms with van der Waals surface area (Å²) in [5.74, 6) is -0.751. The molecule has 0 aliphatic heterocycles. The predicted molar refractivity (Wildman–Crippen MR) is 56.3 cm³/mol. The standard InChI is InChI=1S/C11H14FNO2/c1-3-15-10(14)7-13-11-8(2)5-4-6-9(11)12/h4-6,13H,3,7H2,1-2H3. The van der Waals surface area contributed by atoms with Crippen LogP contribution in [0.25, 0.3) is 0 Å². The van der Waals surface area contributed by atoms with Gasteiger partial charge in [0.05, 0.1) is 12.3 Å². The van der Waals surface area contributed by atoms with Crippen LogP contribution >= 0.6 is 0 Å². The predicted octanol–water partition coefficient (Wildman–Crippen LogP) is 2.11. The summed E-state index contributed by atoms with van der Waals surface area (Å²) < 4.78 is 18.0. The maximum Gasteiger partial charge on any atom is 0.325 e. The van der Waals surface area contributed by atoms with Gasteiger partial charge in [-0.25, -0.2) is 4.39 Å². The van der Waals surface area contributed by atoms with E-state index in [0.29, 0.717) is 12.3 Å². The lowest BCUT2D eigenvalue weighted by molar-refractivity contribution is -0.140. The van der Waals surface area contributed by atoms with Crippen LogP contribution in [-0.4, -0.2) is 19.1 Å². The average molecular weight is 211 g/mol. The second-order valence-corrected chi connectivity index (χ2v) is 3.09. The highest BCUT2D eigenvalue weighted by Crippen LogP contribution is 2.18. The minimum absolute atomic E-state index is 0.0182. The van der Waals surface area contributed by atoms with Gasteiger partial charge in [-0.1, -0.05) is 12.1 Å². The van der Waals surface area contributed by atoms with Gasteiger partial charge in [0.1, 0.15) is 12.4 Å². The Morgan fingerprint density at radius 2 is 2.27 bits per heavy atom. The highest BCUT2D eigenvalue weighted by Gasteiger charge is 2.07. The van der Waals surface area contributed by atoms with Gasteiger partial charge in [-0.2, -0.15) is 0 Å². The van der Waals surface area contributed by atoms with Gasteiger partial charge in [0.25, 0.3) is 0 Å². The van der Waals surface area contributed by atoms with Crippen LogP contribution in [0.15, 0.2) is 18.2 Å². The molecule has 0 unspecified atom stereocenters. The first-order valence-corrected chi connectivity index (χ1v) is 4.79. The van der Waals surface area contributed by atoms with Crippen LogP contribution in [0.2, 0.25) is 0 Å². The molecule has 4 heteroatoms. The Morgan fingerprint density at radius 1 is 1.53 bits per heavy atom. The third-order valence-corrected chi connectivity index (χ3v) is 1.94. The van der Waals surface area contributed by atoms with Gasteiger partial charge in [0.15, 0.2) is 0 Å². The van der Waals surface area contributed by atoms with Crippen LogP contribution in [-0.2, 0) is 9.53 Å². The number of carbonyl (C=O) groups excluding carboxylic acids is 1. The maximum atomic E-state index is 13.3. The van der Waals surface area contributed by atoms with Crippen molar-refractivity contribution in [2.24, 2.45) is 0 Å². The van der Waals surface area contributed by atoms with Crippen molar-refractivity contribution in [3.8, 4) is 0 Å². The van der Waals surface area contributed by atoms with E-state index in [1.807, 2.05) is 0 Å². The Morgan fingerprint density at radius 3 is 2.87 bits per heavy atom. The minimum Gasteiger partial charge on any atom is -0.465 e. The number of para-hydroxylation sites is 1. The van der Waals surface area contributed by atoms with Crippen molar-refractivity contribution in [1.29, 1.82) is 0 Å². The molecule has 82 valence electrons. The molecule has 3 nitrogen and oxygen atoms in total. The van der Waals surface area contributed by atoms with Crippen molar-refractivity contribution in [3.63, 3.8) is 0 Å². The molecule has 0 spiro atoms. The lowest BCUT2D eigenvalue weighted by atomic mass is 10.2. The quantitative estimate of drug-likeness (QED) is 0.775. The third kappa shape index (κ3) is 3.23. The van der Waals surface area contributed by atoms with Gasteiger partial charge >= 0.3 is 5.97 Å². The molecule has 1 aromatic rings. The van der Waals surface area contributed by atoms with E-state index in [1.54, 1.807) is 26.0 Å². The lowest BCUT2D eigenvalue weighted by Gasteiger charge is -2.09. The summed E-state index contributed by atoms with van der Waals surface area (Å²) in [5, 5.41) is 2.72. The van der Waals surface area contributed by atoms with Crippen LogP contribution in [0, 0.1) is 12.7 Å². The summed E-state index contributed by atoms with van der Waals surface area (Å²) in [4.78, 5) is 11.0. The minimum atomic E-state index is -0.389. The summed E-state index contributed by atoms with van der Waals surface area (Å²) in [7, 11) is 0. The monoisotopic (exact) mass is 211 g/mol. The zero-order valence-electron chi connectivity index (χ0n) is 8.84. The molecular weight excluding hydrogens is 197 g/mol. The Balaban J connectivity index is 2.61. The molecule has 0 aliphatic carbocycles. The number of carbonyl (C=O) groups is 1. The van der Waals surface area contributed by atoms with E-state index in [0.717, 1.165) is 5.56 Å². The summed E-state index contributed by atoms with van der Waals surface area (Å²) >= 11 is 0. The molecule has 1 rings (SSSR count). The molecule has 0 saturated carbocycles. The van der Waals surface area contributed by atoms with E-state index in [-0.39, 0.29) is 18.3 Å². The highest BCUT2D eigenvalue weighted by molar-refractivity contribution is 5.75. The lowest BCUT2D eigenvalue weighted by Crippen LogP contribution is -2.17. The molecule has 0 aliphatic rings. The molecule has 0 aromatic heterocycles. The number of aryl methyl sites for hydroxylation is 1. The molecular formula is C11H14FNO2. The largest absolute Gasteiger partial charge is 0.465 e.